The first-order valence-electron chi connectivity index (χ1n) is 9.97. The van der Waals surface area contributed by atoms with Crippen molar-refractivity contribution in [3.05, 3.63) is 65.2 Å². The van der Waals surface area contributed by atoms with Crippen molar-refractivity contribution in [3.63, 3.8) is 0 Å². The van der Waals surface area contributed by atoms with Crippen LogP contribution in [-0.2, 0) is 28.8 Å². The van der Waals surface area contributed by atoms with Gasteiger partial charge in [-0.15, -0.1) is 24.0 Å². The molecule has 0 spiro atoms. The van der Waals surface area contributed by atoms with Gasteiger partial charge in [-0.25, -0.2) is 0 Å². The number of nitrogens with one attached hydrogen (secondary N) is 3. The number of carbonyl (C=O) groups excluding carboxylic acids is 1. The highest BCUT2D eigenvalue weighted by atomic mass is 127. The lowest BCUT2D eigenvalue weighted by Crippen LogP contribution is -2.36. The van der Waals surface area contributed by atoms with Gasteiger partial charge in [-0.3, -0.25) is 9.79 Å². The molecule has 32 heavy (non-hydrogen) atoms. The monoisotopic (exact) mass is 562 g/mol. The summed E-state index contributed by atoms with van der Waals surface area (Å²) in [7, 11) is 1.61. The number of amides is 1. The zero-order valence-corrected chi connectivity index (χ0v) is 19.9. The number of guanidine groups is 1. The summed E-state index contributed by atoms with van der Waals surface area (Å²) in [6, 6.07) is 12.4. The minimum Gasteiger partial charge on any atom is -0.368 e. The third kappa shape index (κ3) is 7.66. The third-order valence-electron chi connectivity index (χ3n) is 4.84. The van der Waals surface area contributed by atoms with E-state index in [9.17, 15) is 18.0 Å². The highest BCUT2D eigenvalue weighted by Crippen LogP contribution is 2.29. The van der Waals surface area contributed by atoms with Crippen molar-refractivity contribution in [1.29, 1.82) is 0 Å². The van der Waals surface area contributed by atoms with Crippen LogP contribution in [0.4, 0.5) is 18.9 Å². The number of alkyl halides is 3. The van der Waals surface area contributed by atoms with Gasteiger partial charge in [0.2, 0.25) is 0 Å². The molecule has 10 heteroatoms. The lowest BCUT2D eigenvalue weighted by Gasteiger charge is -2.14. The van der Waals surface area contributed by atoms with E-state index in [1.165, 1.54) is 12.1 Å². The summed E-state index contributed by atoms with van der Waals surface area (Å²) in [5.74, 6) is 0.366. The maximum absolute atomic E-state index is 12.7. The molecule has 1 fully saturated rings. The van der Waals surface area contributed by atoms with Crippen molar-refractivity contribution in [2.45, 2.75) is 38.2 Å². The fourth-order valence-electron chi connectivity index (χ4n) is 3.17. The SMILES string of the molecule is CN=C(NCc1ccc(C(F)(F)F)cc1)NCc1cccc(NC(=O)C2CCCO2)c1.I. The van der Waals surface area contributed by atoms with Gasteiger partial charge in [-0.2, -0.15) is 13.2 Å². The van der Waals surface area contributed by atoms with E-state index < -0.39 is 17.8 Å². The van der Waals surface area contributed by atoms with Crippen LogP contribution in [0.5, 0.6) is 0 Å². The average Bonchev–Trinajstić information content (AvgIpc) is 3.29. The summed E-state index contributed by atoms with van der Waals surface area (Å²) in [5.41, 5.74) is 1.65. The summed E-state index contributed by atoms with van der Waals surface area (Å²) in [6.45, 7) is 1.40. The van der Waals surface area contributed by atoms with Gasteiger partial charge in [0, 0.05) is 32.4 Å². The number of hydrogen-bond acceptors (Lipinski definition) is 3. The van der Waals surface area contributed by atoms with Crippen LogP contribution in [0.1, 0.15) is 29.5 Å². The molecule has 1 atom stereocenters. The van der Waals surface area contributed by atoms with Gasteiger partial charge in [-0.05, 0) is 48.2 Å². The number of nitrogens with zero attached hydrogens (tertiary/aromatic N) is 1. The molecule has 1 amide bonds. The summed E-state index contributed by atoms with van der Waals surface area (Å²) in [6.07, 6.45) is -3.12. The number of ether oxygens (including phenoxy) is 1. The highest BCUT2D eigenvalue weighted by molar-refractivity contribution is 14.0. The first-order chi connectivity index (χ1) is 14.8. The Morgan fingerprint density at radius 1 is 1.09 bits per heavy atom. The number of anilines is 1. The molecule has 1 heterocycles. The fourth-order valence-corrected chi connectivity index (χ4v) is 3.17. The maximum Gasteiger partial charge on any atom is 0.416 e. The number of carbonyl (C=O) groups is 1. The zero-order valence-electron chi connectivity index (χ0n) is 17.5. The molecule has 0 saturated carbocycles. The standard InChI is InChI=1S/C22H25F3N4O2.HI/c1-26-21(27-13-15-7-9-17(10-8-15)22(23,24)25)28-14-16-4-2-5-18(12-16)29-20(30)19-6-3-11-31-19;/h2,4-5,7-10,12,19H,3,6,11,13-14H2,1H3,(H,29,30)(H2,26,27,28);1H. The van der Waals surface area contributed by atoms with E-state index in [4.69, 9.17) is 4.74 Å². The molecule has 174 valence electrons. The third-order valence-corrected chi connectivity index (χ3v) is 4.84. The molecule has 1 unspecified atom stereocenters. The maximum atomic E-state index is 12.7. The van der Waals surface area contributed by atoms with Crippen molar-refractivity contribution in [2.75, 3.05) is 19.0 Å². The summed E-state index contributed by atoms with van der Waals surface area (Å²) in [4.78, 5) is 16.3. The number of benzene rings is 2. The van der Waals surface area contributed by atoms with Crippen molar-refractivity contribution in [1.82, 2.24) is 10.6 Å². The van der Waals surface area contributed by atoms with Crippen LogP contribution in [0.3, 0.4) is 0 Å². The Morgan fingerprint density at radius 3 is 2.38 bits per heavy atom. The van der Waals surface area contributed by atoms with Gasteiger partial charge in [0.05, 0.1) is 5.56 Å². The lowest BCUT2D eigenvalue weighted by atomic mass is 10.1. The Bertz CT molecular complexity index is 914. The minimum atomic E-state index is -4.35. The van der Waals surface area contributed by atoms with Crippen molar-refractivity contribution < 1.29 is 22.7 Å². The molecule has 0 aromatic heterocycles. The van der Waals surface area contributed by atoms with Crippen molar-refractivity contribution >= 4 is 41.5 Å². The predicted octanol–water partition coefficient (Wildman–Crippen LogP) is 4.31. The molecule has 3 N–H and O–H groups in total. The summed E-state index contributed by atoms with van der Waals surface area (Å²) >= 11 is 0. The molecular formula is C22H26F3IN4O2. The molecule has 3 rings (SSSR count). The Kier molecular flexibility index (Phi) is 9.76. The Balaban J connectivity index is 0.00000363. The van der Waals surface area contributed by atoms with E-state index in [0.717, 1.165) is 30.5 Å². The van der Waals surface area contributed by atoms with E-state index in [1.807, 2.05) is 24.3 Å². The molecule has 1 saturated heterocycles. The minimum absolute atomic E-state index is 0. The molecule has 0 bridgehead atoms. The molecular weight excluding hydrogens is 536 g/mol. The van der Waals surface area contributed by atoms with Gasteiger partial charge in [0.1, 0.15) is 6.10 Å². The first kappa shape index (κ1) is 25.9. The lowest BCUT2D eigenvalue weighted by molar-refractivity contribution is -0.137. The molecule has 2 aromatic carbocycles. The predicted molar refractivity (Wildman–Crippen MR) is 128 cm³/mol. The summed E-state index contributed by atoms with van der Waals surface area (Å²) < 4.78 is 43.4. The van der Waals surface area contributed by atoms with Crippen LogP contribution in [0, 0.1) is 0 Å². The van der Waals surface area contributed by atoms with Gasteiger partial charge < -0.3 is 20.7 Å². The van der Waals surface area contributed by atoms with E-state index in [2.05, 4.69) is 20.9 Å². The second kappa shape index (κ2) is 12.0. The molecule has 2 aromatic rings. The molecule has 6 nitrogen and oxygen atoms in total. The van der Waals surface area contributed by atoms with Crippen LogP contribution in [0.2, 0.25) is 0 Å². The second-order valence-corrected chi connectivity index (χ2v) is 7.17. The van der Waals surface area contributed by atoms with Crippen LogP contribution in [-0.4, -0.2) is 31.6 Å². The van der Waals surface area contributed by atoms with E-state index in [-0.39, 0.29) is 29.9 Å². The normalized spacial score (nSPS) is 16.2. The molecule has 0 radical (unpaired) electrons. The van der Waals surface area contributed by atoms with Gasteiger partial charge in [0.25, 0.3) is 5.91 Å². The quantitative estimate of drug-likeness (QED) is 0.279. The molecule has 0 aliphatic carbocycles. The second-order valence-electron chi connectivity index (χ2n) is 7.17. The van der Waals surface area contributed by atoms with E-state index in [1.54, 1.807) is 7.05 Å². The Labute approximate surface area is 202 Å². The fraction of sp³-hybridized carbons (Fsp3) is 0.364. The van der Waals surface area contributed by atoms with Gasteiger partial charge >= 0.3 is 6.18 Å². The van der Waals surface area contributed by atoms with Gasteiger partial charge in [0.15, 0.2) is 5.96 Å². The van der Waals surface area contributed by atoms with Crippen molar-refractivity contribution in [3.8, 4) is 0 Å². The number of aliphatic imine (C=N–C) groups is 1. The topological polar surface area (TPSA) is 74.8 Å². The van der Waals surface area contributed by atoms with Crippen LogP contribution >= 0.6 is 24.0 Å². The van der Waals surface area contributed by atoms with Gasteiger partial charge in [-0.1, -0.05) is 24.3 Å². The van der Waals surface area contributed by atoms with Crippen LogP contribution in [0.15, 0.2) is 53.5 Å². The highest BCUT2D eigenvalue weighted by Gasteiger charge is 2.29. The average molecular weight is 562 g/mol. The number of hydrogen-bond donors (Lipinski definition) is 3. The summed E-state index contributed by atoms with van der Waals surface area (Å²) in [5, 5.41) is 9.09. The Morgan fingerprint density at radius 2 is 1.78 bits per heavy atom. The number of halogens is 4. The zero-order chi connectivity index (χ0) is 22.3. The van der Waals surface area contributed by atoms with Crippen LogP contribution < -0.4 is 16.0 Å². The largest absolute Gasteiger partial charge is 0.416 e. The number of rotatable bonds is 6. The van der Waals surface area contributed by atoms with Crippen molar-refractivity contribution in [2.24, 2.45) is 4.99 Å². The van der Waals surface area contributed by atoms with Crippen LogP contribution in [0.25, 0.3) is 0 Å². The smallest absolute Gasteiger partial charge is 0.368 e. The molecule has 1 aliphatic rings. The Hall–Kier alpha value is -2.34. The van der Waals surface area contributed by atoms with E-state index in [0.29, 0.717) is 36.9 Å². The first-order valence-corrected chi connectivity index (χ1v) is 9.97. The molecule has 1 aliphatic heterocycles. The van der Waals surface area contributed by atoms with E-state index >= 15 is 0 Å².